The number of ether oxygens (including phenoxy) is 2. The molecule has 1 aromatic carbocycles. The van der Waals surface area contributed by atoms with E-state index in [2.05, 4.69) is 41.3 Å². The molecule has 0 radical (unpaired) electrons. The van der Waals surface area contributed by atoms with Gasteiger partial charge in [0.1, 0.15) is 0 Å². The first-order chi connectivity index (χ1) is 13.0. The number of nitrogens with one attached hydrogen (secondary N) is 2. The third kappa shape index (κ3) is 3.76. The number of likely N-dealkylation sites (tertiary alicyclic amines) is 1. The fourth-order valence-corrected chi connectivity index (χ4v) is 4.80. The highest BCUT2D eigenvalue weighted by atomic mass is 16.5. The third-order valence-corrected chi connectivity index (χ3v) is 6.23. The Kier molecular flexibility index (Phi) is 5.95. The number of hydrogen-bond acceptors (Lipinski definition) is 4. The van der Waals surface area contributed by atoms with Crippen molar-refractivity contribution in [2.24, 2.45) is 0 Å². The summed E-state index contributed by atoms with van der Waals surface area (Å²) < 4.78 is 10.9. The van der Waals surface area contributed by atoms with Gasteiger partial charge in [0.15, 0.2) is 11.5 Å². The predicted octanol–water partition coefficient (Wildman–Crippen LogP) is 2.68. The van der Waals surface area contributed by atoms with E-state index in [1.165, 1.54) is 5.56 Å². The van der Waals surface area contributed by atoms with Gasteiger partial charge in [-0.1, -0.05) is 12.1 Å². The molecule has 2 aliphatic rings. The van der Waals surface area contributed by atoms with Gasteiger partial charge in [-0.05, 0) is 57.0 Å². The number of benzene rings is 1. The second kappa shape index (κ2) is 8.21. The Hall–Kier alpha value is -2.21. The third-order valence-electron chi connectivity index (χ3n) is 6.23. The van der Waals surface area contributed by atoms with Crippen molar-refractivity contribution in [3.63, 3.8) is 0 Å². The van der Waals surface area contributed by atoms with E-state index in [1.54, 1.807) is 20.3 Å². The minimum Gasteiger partial charge on any atom is -0.493 e. The van der Waals surface area contributed by atoms with Gasteiger partial charge in [0.25, 0.3) is 0 Å². The van der Waals surface area contributed by atoms with Crippen molar-refractivity contribution in [2.45, 2.75) is 43.2 Å². The molecule has 6 nitrogen and oxygen atoms in total. The zero-order valence-electron chi connectivity index (χ0n) is 16.6. The highest BCUT2D eigenvalue weighted by molar-refractivity contribution is 5.74. The number of rotatable bonds is 6. The monoisotopic (exact) mass is 373 g/mol. The number of hydrogen-bond donors (Lipinski definition) is 2. The normalized spacial score (nSPS) is 27.5. The minimum absolute atomic E-state index is 0.101. The molecule has 0 aromatic heterocycles. The maximum absolute atomic E-state index is 12.0. The van der Waals surface area contributed by atoms with Crippen molar-refractivity contribution < 1.29 is 14.3 Å². The van der Waals surface area contributed by atoms with Crippen LogP contribution in [0.5, 0.6) is 11.5 Å². The number of nitrogens with zero attached hydrogens (tertiary/aromatic N) is 1. The van der Waals surface area contributed by atoms with Gasteiger partial charge in [-0.25, -0.2) is 4.79 Å². The van der Waals surface area contributed by atoms with Crippen LogP contribution in [0, 0.1) is 0 Å². The van der Waals surface area contributed by atoms with Crippen LogP contribution in [0.1, 0.15) is 31.2 Å². The first-order valence-electron chi connectivity index (χ1n) is 9.62. The van der Waals surface area contributed by atoms with Crippen LogP contribution >= 0.6 is 0 Å². The number of urea groups is 1. The SMILES string of the molecule is C=CCNC(=O)N[C@H]1CC[C@@]2(c3ccc(OC)c(OC)c3)CCN(C)[C@@H]2C1. The van der Waals surface area contributed by atoms with Crippen LogP contribution in [0.15, 0.2) is 30.9 Å². The van der Waals surface area contributed by atoms with Gasteiger partial charge in [-0.3, -0.25) is 0 Å². The smallest absolute Gasteiger partial charge is 0.315 e. The summed E-state index contributed by atoms with van der Waals surface area (Å²) in [6.45, 7) is 5.18. The Bertz CT molecular complexity index is 693. The van der Waals surface area contributed by atoms with E-state index in [-0.39, 0.29) is 17.5 Å². The van der Waals surface area contributed by atoms with E-state index in [9.17, 15) is 4.79 Å². The van der Waals surface area contributed by atoms with Crippen LogP contribution in [-0.2, 0) is 5.41 Å². The molecular formula is C21H31N3O3. The number of likely N-dealkylation sites (N-methyl/N-ethyl adjacent to an activating group) is 1. The van der Waals surface area contributed by atoms with E-state index < -0.39 is 0 Å². The quantitative estimate of drug-likeness (QED) is 0.753. The van der Waals surface area contributed by atoms with Crippen molar-refractivity contribution in [3.8, 4) is 11.5 Å². The molecule has 0 unspecified atom stereocenters. The van der Waals surface area contributed by atoms with E-state index in [4.69, 9.17) is 9.47 Å². The summed E-state index contributed by atoms with van der Waals surface area (Å²) in [4.78, 5) is 14.5. The molecule has 0 spiro atoms. The second-order valence-electron chi connectivity index (χ2n) is 7.59. The molecule has 1 aromatic rings. The largest absolute Gasteiger partial charge is 0.493 e. The summed E-state index contributed by atoms with van der Waals surface area (Å²) >= 11 is 0. The maximum Gasteiger partial charge on any atom is 0.315 e. The number of amides is 2. The molecule has 2 N–H and O–H groups in total. The average molecular weight is 373 g/mol. The Morgan fingerprint density at radius 1 is 1.33 bits per heavy atom. The van der Waals surface area contributed by atoms with Gasteiger partial charge >= 0.3 is 6.03 Å². The highest BCUT2D eigenvalue weighted by Gasteiger charge is 2.50. The number of carbonyl (C=O) groups is 1. The number of carbonyl (C=O) groups excluding carboxylic acids is 1. The highest BCUT2D eigenvalue weighted by Crippen LogP contribution is 2.49. The van der Waals surface area contributed by atoms with Crippen LogP contribution in [0.4, 0.5) is 4.79 Å². The van der Waals surface area contributed by atoms with Crippen molar-refractivity contribution >= 4 is 6.03 Å². The Labute approximate surface area is 161 Å². The Morgan fingerprint density at radius 3 is 2.81 bits per heavy atom. The molecule has 1 heterocycles. The summed E-state index contributed by atoms with van der Waals surface area (Å²) in [6.07, 6.45) is 5.78. The molecular weight excluding hydrogens is 342 g/mol. The molecule has 0 bridgehead atoms. The first kappa shape index (κ1) is 19.5. The molecule has 2 amide bonds. The topological polar surface area (TPSA) is 62.8 Å². The molecule has 1 saturated heterocycles. The summed E-state index contributed by atoms with van der Waals surface area (Å²) in [5, 5.41) is 5.93. The Morgan fingerprint density at radius 2 is 2.11 bits per heavy atom. The molecule has 1 aliphatic carbocycles. The van der Waals surface area contributed by atoms with E-state index in [0.29, 0.717) is 12.6 Å². The maximum atomic E-state index is 12.0. The van der Waals surface area contributed by atoms with E-state index in [1.807, 2.05) is 6.07 Å². The second-order valence-corrected chi connectivity index (χ2v) is 7.59. The van der Waals surface area contributed by atoms with Gasteiger partial charge in [-0.2, -0.15) is 0 Å². The standard InChI is InChI=1S/C21H31N3O3/c1-5-11-22-20(25)23-16-8-9-21(10-12-24(2)19(21)14-16)15-6-7-17(26-3)18(13-15)27-4/h5-7,13,16,19H,1,8-12,14H2,2-4H3,(H2,22,23,25)/t16-,19+,21-/m0/s1. The zero-order chi connectivity index (χ0) is 19.4. The summed E-state index contributed by atoms with van der Waals surface area (Å²) in [5.74, 6) is 1.54. The van der Waals surface area contributed by atoms with Gasteiger partial charge in [0, 0.05) is 24.0 Å². The van der Waals surface area contributed by atoms with Crippen LogP contribution in [0.3, 0.4) is 0 Å². The average Bonchev–Trinajstić information content (AvgIpc) is 3.03. The molecule has 148 valence electrons. The van der Waals surface area contributed by atoms with Gasteiger partial charge < -0.3 is 25.0 Å². The van der Waals surface area contributed by atoms with Gasteiger partial charge in [-0.15, -0.1) is 6.58 Å². The predicted molar refractivity (Wildman–Crippen MR) is 107 cm³/mol. The van der Waals surface area contributed by atoms with Crippen LogP contribution in [0.2, 0.25) is 0 Å². The molecule has 27 heavy (non-hydrogen) atoms. The minimum atomic E-state index is -0.112. The summed E-state index contributed by atoms with van der Waals surface area (Å²) in [6, 6.07) is 6.79. The number of fused-ring (bicyclic) bond motifs is 1. The molecule has 2 fully saturated rings. The fraction of sp³-hybridized carbons (Fsp3) is 0.571. The van der Waals surface area contributed by atoms with Gasteiger partial charge in [0.05, 0.1) is 14.2 Å². The van der Waals surface area contributed by atoms with Crippen molar-refractivity contribution in [2.75, 3.05) is 34.4 Å². The van der Waals surface area contributed by atoms with E-state index in [0.717, 1.165) is 43.7 Å². The van der Waals surface area contributed by atoms with Crippen molar-refractivity contribution in [1.82, 2.24) is 15.5 Å². The fourth-order valence-electron chi connectivity index (χ4n) is 4.80. The first-order valence-corrected chi connectivity index (χ1v) is 9.62. The molecule has 1 aliphatic heterocycles. The van der Waals surface area contributed by atoms with Crippen LogP contribution < -0.4 is 20.1 Å². The Balaban J connectivity index is 1.80. The number of methoxy groups -OCH3 is 2. The van der Waals surface area contributed by atoms with Crippen molar-refractivity contribution in [3.05, 3.63) is 36.4 Å². The lowest BCUT2D eigenvalue weighted by molar-refractivity contribution is 0.154. The summed E-state index contributed by atoms with van der Waals surface area (Å²) in [5.41, 5.74) is 1.41. The van der Waals surface area contributed by atoms with Crippen molar-refractivity contribution in [1.29, 1.82) is 0 Å². The lowest BCUT2D eigenvalue weighted by Crippen LogP contribution is -2.53. The lowest BCUT2D eigenvalue weighted by Gasteiger charge is -2.45. The molecule has 6 heteroatoms. The van der Waals surface area contributed by atoms with Crippen LogP contribution in [0.25, 0.3) is 0 Å². The molecule has 1 saturated carbocycles. The van der Waals surface area contributed by atoms with E-state index >= 15 is 0 Å². The zero-order valence-corrected chi connectivity index (χ0v) is 16.6. The van der Waals surface area contributed by atoms with Gasteiger partial charge in [0.2, 0.25) is 0 Å². The summed E-state index contributed by atoms with van der Waals surface area (Å²) in [7, 11) is 5.53. The van der Waals surface area contributed by atoms with Crippen LogP contribution in [-0.4, -0.2) is 57.4 Å². The molecule has 3 rings (SSSR count). The molecule has 3 atom stereocenters. The lowest BCUT2D eigenvalue weighted by atomic mass is 9.65.